The van der Waals surface area contributed by atoms with Crippen molar-refractivity contribution in [1.29, 1.82) is 0 Å². The smallest absolute Gasteiger partial charge is 0.119 e. The van der Waals surface area contributed by atoms with Crippen molar-refractivity contribution in [2.24, 2.45) is 5.84 Å². The molecule has 0 aliphatic carbocycles. The summed E-state index contributed by atoms with van der Waals surface area (Å²) in [5.41, 5.74) is 6.61. The summed E-state index contributed by atoms with van der Waals surface area (Å²) in [6.07, 6.45) is 3.47. The van der Waals surface area contributed by atoms with E-state index >= 15 is 0 Å². The summed E-state index contributed by atoms with van der Waals surface area (Å²) in [6.45, 7) is 3.92. The Hall–Kier alpha value is -1.98. The Morgan fingerprint density at radius 2 is 2.00 bits per heavy atom. The Morgan fingerprint density at radius 1 is 1.21 bits per heavy atom. The van der Waals surface area contributed by atoms with Gasteiger partial charge in [0.05, 0.1) is 30.7 Å². The van der Waals surface area contributed by atoms with E-state index in [2.05, 4.69) is 15.4 Å². The lowest BCUT2D eigenvalue weighted by molar-refractivity contribution is 0.414. The van der Waals surface area contributed by atoms with Crippen LogP contribution in [0.15, 0.2) is 30.6 Å². The quantitative estimate of drug-likeness (QED) is 0.644. The molecule has 0 radical (unpaired) electrons. The molecule has 1 aromatic heterocycles. The average Bonchev–Trinajstić information content (AvgIpc) is 2.43. The Bertz CT molecular complexity index is 554. The second kappa shape index (κ2) is 5.77. The van der Waals surface area contributed by atoms with E-state index in [1.165, 1.54) is 0 Å². The van der Waals surface area contributed by atoms with E-state index in [1.807, 2.05) is 32.0 Å². The van der Waals surface area contributed by atoms with Gasteiger partial charge in [0.15, 0.2) is 0 Å². The first-order chi connectivity index (χ1) is 9.15. The lowest BCUT2D eigenvalue weighted by atomic mass is 9.99. The van der Waals surface area contributed by atoms with Gasteiger partial charge in [-0.25, -0.2) is 5.43 Å². The predicted molar refractivity (Wildman–Crippen MR) is 73.7 cm³/mol. The first-order valence-corrected chi connectivity index (χ1v) is 6.05. The summed E-state index contributed by atoms with van der Waals surface area (Å²) in [5, 5.41) is 0. The Balaban J connectivity index is 2.39. The largest absolute Gasteiger partial charge is 0.497 e. The maximum Gasteiger partial charge on any atom is 0.119 e. The molecule has 0 saturated heterocycles. The van der Waals surface area contributed by atoms with Gasteiger partial charge in [0.2, 0.25) is 0 Å². The monoisotopic (exact) mass is 258 g/mol. The molecule has 0 bridgehead atoms. The maximum atomic E-state index is 5.67. The number of nitrogens with one attached hydrogen (secondary N) is 1. The molecule has 1 heterocycles. The van der Waals surface area contributed by atoms with Crippen molar-refractivity contribution in [2.75, 3.05) is 7.11 Å². The van der Waals surface area contributed by atoms with Crippen molar-refractivity contribution in [2.45, 2.75) is 19.9 Å². The van der Waals surface area contributed by atoms with Crippen LogP contribution in [0.3, 0.4) is 0 Å². The topological polar surface area (TPSA) is 73.1 Å². The van der Waals surface area contributed by atoms with Gasteiger partial charge in [0, 0.05) is 6.20 Å². The second-order valence-corrected chi connectivity index (χ2v) is 4.40. The van der Waals surface area contributed by atoms with E-state index in [0.717, 1.165) is 28.3 Å². The lowest BCUT2D eigenvalue weighted by Gasteiger charge is -2.18. The summed E-state index contributed by atoms with van der Waals surface area (Å²) >= 11 is 0. The Morgan fingerprint density at radius 3 is 2.53 bits per heavy atom. The minimum atomic E-state index is -0.181. The highest BCUT2D eigenvalue weighted by molar-refractivity contribution is 5.39. The van der Waals surface area contributed by atoms with Gasteiger partial charge in [0.1, 0.15) is 5.75 Å². The zero-order valence-corrected chi connectivity index (χ0v) is 11.3. The number of methoxy groups -OCH3 is 1. The number of aromatic nitrogens is 2. The van der Waals surface area contributed by atoms with Crippen molar-refractivity contribution in [1.82, 2.24) is 15.4 Å². The van der Waals surface area contributed by atoms with E-state index in [1.54, 1.807) is 19.5 Å². The van der Waals surface area contributed by atoms with Gasteiger partial charge in [-0.1, -0.05) is 6.07 Å². The summed E-state index contributed by atoms with van der Waals surface area (Å²) in [7, 11) is 1.65. The summed E-state index contributed by atoms with van der Waals surface area (Å²) < 4.78 is 5.21. The molecular formula is C14H18N4O. The number of aryl methyl sites for hydroxylation is 2. The highest BCUT2D eigenvalue weighted by atomic mass is 16.5. The number of hydrogen-bond acceptors (Lipinski definition) is 5. The third kappa shape index (κ3) is 2.89. The first kappa shape index (κ1) is 13.5. The van der Waals surface area contributed by atoms with E-state index in [-0.39, 0.29) is 6.04 Å². The summed E-state index contributed by atoms with van der Waals surface area (Å²) in [5.74, 6) is 6.49. The van der Waals surface area contributed by atoms with E-state index < -0.39 is 0 Å². The molecular weight excluding hydrogens is 240 g/mol. The van der Waals surface area contributed by atoms with Crippen LogP contribution in [-0.4, -0.2) is 17.1 Å². The van der Waals surface area contributed by atoms with Gasteiger partial charge in [-0.3, -0.25) is 15.8 Å². The zero-order valence-electron chi connectivity index (χ0n) is 11.3. The van der Waals surface area contributed by atoms with Crippen LogP contribution in [0.1, 0.15) is 28.6 Å². The number of nitrogens with two attached hydrogens (primary N) is 1. The second-order valence-electron chi connectivity index (χ2n) is 4.40. The molecule has 1 atom stereocenters. The third-order valence-electron chi connectivity index (χ3n) is 3.05. The minimum absolute atomic E-state index is 0.181. The van der Waals surface area contributed by atoms with Gasteiger partial charge in [-0.15, -0.1) is 0 Å². The molecule has 2 aromatic rings. The number of rotatable bonds is 4. The molecule has 3 N–H and O–H groups in total. The fraction of sp³-hybridized carbons (Fsp3) is 0.286. The molecule has 0 fully saturated rings. The molecule has 19 heavy (non-hydrogen) atoms. The summed E-state index contributed by atoms with van der Waals surface area (Å²) in [6, 6.07) is 5.69. The molecule has 0 spiro atoms. The van der Waals surface area contributed by atoms with Gasteiger partial charge >= 0.3 is 0 Å². The molecule has 1 unspecified atom stereocenters. The zero-order chi connectivity index (χ0) is 13.8. The van der Waals surface area contributed by atoms with Crippen LogP contribution < -0.4 is 16.0 Å². The van der Waals surface area contributed by atoms with Crippen molar-refractivity contribution < 1.29 is 4.74 Å². The van der Waals surface area contributed by atoms with Crippen molar-refractivity contribution in [3.63, 3.8) is 0 Å². The first-order valence-electron chi connectivity index (χ1n) is 6.05. The lowest BCUT2D eigenvalue weighted by Crippen LogP contribution is -2.30. The van der Waals surface area contributed by atoms with Crippen LogP contribution in [-0.2, 0) is 0 Å². The van der Waals surface area contributed by atoms with Crippen molar-refractivity contribution >= 4 is 0 Å². The number of nitrogens with zero attached hydrogens (tertiary/aromatic N) is 2. The minimum Gasteiger partial charge on any atom is -0.497 e. The molecule has 5 nitrogen and oxygen atoms in total. The number of hydrogen-bond donors (Lipinski definition) is 2. The Labute approximate surface area is 112 Å². The highest BCUT2D eigenvalue weighted by Crippen LogP contribution is 2.25. The van der Waals surface area contributed by atoms with Crippen LogP contribution in [0.5, 0.6) is 5.75 Å². The van der Waals surface area contributed by atoms with Crippen molar-refractivity contribution in [3.8, 4) is 5.75 Å². The normalized spacial score (nSPS) is 12.2. The standard InChI is InChI=1S/C14H18N4O/c1-9-6-11(19-3)4-5-12(9)14(18-15)13-8-16-10(2)7-17-13/h4-8,14,18H,15H2,1-3H3. The van der Waals surface area contributed by atoms with Gasteiger partial charge in [0.25, 0.3) is 0 Å². The molecule has 0 saturated carbocycles. The van der Waals surface area contributed by atoms with Crippen LogP contribution in [0.2, 0.25) is 0 Å². The van der Waals surface area contributed by atoms with Crippen LogP contribution in [0.4, 0.5) is 0 Å². The molecule has 0 amide bonds. The third-order valence-corrected chi connectivity index (χ3v) is 3.05. The molecule has 100 valence electrons. The molecule has 5 heteroatoms. The van der Waals surface area contributed by atoms with E-state index in [4.69, 9.17) is 10.6 Å². The molecule has 2 rings (SSSR count). The van der Waals surface area contributed by atoms with Crippen LogP contribution >= 0.6 is 0 Å². The summed E-state index contributed by atoms with van der Waals surface area (Å²) in [4.78, 5) is 8.63. The predicted octanol–water partition coefficient (Wildman–Crippen LogP) is 1.65. The van der Waals surface area contributed by atoms with Gasteiger partial charge in [-0.2, -0.15) is 0 Å². The average molecular weight is 258 g/mol. The number of hydrazine groups is 1. The Kier molecular flexibility index (Phi) is 4.09. The molecule has 0 aliphatic heterocycles. The molecule has 0 aliphatic rings. The van der Waals surface area contributed by atoms with Crippen LogP contribution in [0.25, 0.3) is 0 Å². The SMILES string of the molecule is COc1ccc(C(NN)c2cnc(C)cn2)c(C)c1. The van der Waals surface area contributed by atoms with E-state index in [0.29, 0.717) is 0 Å². The fourth-order valence-electron chi connectivity index (χ4n) is 1.99. The molecule has 1 aromatic carbocycles. The van der Waals surface area contributed by atoms with Crippen LogP contribution in [0, 0.1) is 13.8 Å². The maximum absolute atomic E-state index is 5.67. The highest BCUT2D eigenvalue weighted by Gasteiger charge is 2.16. The number of ether oxygens (including phenoxy) is 1. The van der Waals surface area contributed by atoms with Crippen molar-refractivity contribution in [3.05, 3.63) is 53.1 Å². The number of benzene rings is 1. The van der Waals surface area contributed by atoms with Gasteiger partial charge in [-0.05, 0) is 37.1 Å². The van der Waals surface area contributed by atoms with Gasteiger partial charge < -0.3 is 4.74 Å². The van der Waals surface area contributed by atoms with E-state index in [9.17, 15) is 0 Å². The fourth-order valence-corrected chi connectivity index (χ4v) is 1.99.